The standard InChI is InChI=1S/C15H32N2/c1-6-17(12-14-8-7-9-14)11-13(2)10-16-15(3,4)5/h13-14,16H,6-12H2,1-5H3. The van der Waals surface area contributed by atoms with Crippen molar-refractivity contribution in [3.05, 3.63) is 0 Å². The van der Waals surface area contributed by atoms with Crippen LogP contribution in [0.5, 0.6) is 0 Å². The molecule has 1 unspecified atom stereocenters. The van der Waals surface area contributed by atoms with Gasteiger partial charge in [0, 0.05) is 18.6 Å². The average Bonchev–Trinajstić information content (AvgIpc) is 2.17. The molecule has 1 aliphatic carbocycles. The van der Waals surface area contributed by atoms with Crippen molar-refractivity contribution in [3.63, 3.8) is 0 Å². The molecule has 0 aliphatic heterocycles. The summed E-state index contributed by atoms with van der Waals surface area (Å²) in [6, 6.07) is 0. The van der Waals surface area contributed by atoms with Crippen molar-refractivity contribution in [3.8, 4) is 0 Å². The maximum absolute atomic E-state index is 3.61. The molecule has 2 nitrogen and oxygen atoms in total. The lowest BCUT2D eigenvalue weighted by Crippen LogP contribution is -2.42. The van der Waals surface area contributed by atoms with E-state index in [-0.39, 0.29) is 5.54 Å². The van der Waals surface area contributed by atoms with Crippen LogP contribution in [0.1, 0.15) is 53.9 Å². The number of hydrogen-bond acceptors (Lipinski definition) is 2. The lowest BCUT2D eigenvalue weighted by Gasteiger charge is -2.33. The van der Waals surface area contributed by atoms with Crippen molar-refractivity contribution in [1.82, 2.24) is 10.2 Å². The average molecular weight is 240 g/mol. The highest BCUT2D eigenvalue weighted by Crippen LogP contribution is 2.27. The summed E-state index contributed by atoms with van der Waals surface area (Å²) in [5, 5.41) is 3.61. The van der Waals surface area contributed by atoms with Crippen molar-refractivity contribution >= 4 is 0 Å². The van der Waals surface area contributed by atoms with Crippen molar-refractivity contribution in [1.29, 1.82) is 0 Å². The second-order valence-electron chi connectivity index (χ2n) is 6.89. The van der Waals surface area contributed by atoms with Gasteiger partial charge in [-0.3, -0.25) is 0 Å². The first-order chi connectivity index (χ1) is 7.90. The van der Waals surface area contributed by atoms with Crippen LogP contribution in [-0.4, -0.2) is 36.6 Å². The van der Waals surface area contributed by atoms with Crippen molar-refractivity contribution in [2.45, 2.75) is 59.4 Å². The van der Waals surface area contributed by atoms with Gasteiger partial charge in [0.05, 0.1) is 0 Å². The fourth-order valence-electron chi connectivity index (χ4n) is 2.36. The third kappa shape index (κ3) is 6.42. The summed E-state index contributed by atoms with van der Waals surface area (Å²) in [4.78, 5) is 2.64. The van der Waals surface area contributed by atoms with E-state index in [0.29, 0.717) is 0 Å². The Morgan fingerprint density at radius 2 is 1.94 bits per heavy atom. The van der Waals surface area contributed by atoms with Crippen molar-refractivity contribution in [2.75, 3.05) is 26.2 Å². The monoisotopic (exact) mass is 240 g/mol. The summed E-state index contributed by atoms with van der Waals surface area (Å²) in [7, 11) is 0. The molecule has 0 aromatic rings. The Hall–Kier alpha value is -0.0800. The summed E-state index contributed by atoms with van der Waals surface area (Å²) in [6.07, 6.45) is 4.39. The predicted octanol–water partition coefficient (Wildman–Crippen LogP) is 3.13. The third-order valence-electron chi connectivity index (χ3n) is 3.74. The Morgan fingerprint density at radius 1 is 1.29 bits per heavy atom. The lowest BCUT2D eigenvalue weighted by atomic mass is 9.85. The van der Waals surface area contributed by atoms with Gasteiger partial charge in [-0.15, -0.1) is 0 Å². The fourth-order valence-corrected chi connectivity index (χ4v) is 2.36. The van der Waals surface area contributed by atoms with Gasteiger partial charge in [-0.25, -0.2) is 0 Å². The molecular formula is C15H32N2. The zero-order chi connectivity index (χ0) is 12.9. The van der Waals surface area contributed by atoms with Crippen LogP contribution in [0.3, 0.4) is 0 Å². The van der Waals surface area contributed by atoms with E-state index in [1.54, 1.807) is 0 Å². The zero-order valence-electron chi connectivity index (χ0n) is 12.6. The second-order valence-corrected chi connectivity index (χ2v) is 6.89. The fraction of sp³-hybridized carbons (Fsp3) is 1.00. The number of nitrogens with one attached hydrogen (secondary N) is 1. The molecule has 0 spiro atoms. The van der Waals surface area contributed by atoms with Gasteiger partial charge in [0.2, 0.25) is 0 Å². The van der Waals surface area contributed by atoms with E-state index in [4.69, 9.17) is 0 Å². The van der Waals surface area contributed by atoms with Gasteiger partial charge in [0.1, 0.15) is 0 Å². The summed E-state index contributed by atoms with van der Waals surface area (Å²) in [5.74, 6) is 1.74. The quantitative estimate of drug-likeness (QED) is 0.735. The van der Waals surface area contributed by atoms with Gasteiger partial charge in [-0.2, -0.15) is 0 Å². The molecule has 1 N–H and O–H groups in total. The lowest BCUT2D eigenvalue weighted by molar-refractivity contribution is 0.163. The number of nitrogens with zero attached hydrogens (tertiary/aromatic N) is 1. The van der Waals surface area contributed by atoms with E-state index in [2.05, 4.69) is 44.8 Å². The van der Waals surface area contributed by atoms with Gasteiger partial charge in [0.25, 0.3) is 0 Å². The molecule has 1 rings (SSSR count). The second kappa shape index (κ2) is 6.75. The Kier molecular flexibility index (Phi) is 5.94. The molecule has 0 aromatic heterocycles. The first kappa shape index (κ1) is 15.0. The van der Waals surface area contributed by atoms with E-state index in [1.807, 2.05) is 0 Å². The van der Waals surface area contributed by atoms with E-state index in [9.17, 15) is 0 Å². The minimum absolute atomic E-state index is 0.249. The molecule has 0 aromatic carbocycles. The smallest absolute Gasteiger partial charge is 0.00966 e. The van der Waals surface area contributed by atoms with Crippen LogP contribution in [0.25, 0.3) is 0 Å². The minimum atomic E-state index is 0.249. The maximum atomic E-state index is 3.61. The number of hydrogen-bond donors (Lipinski definition) is 1. The Morgan fingerprint density at radius 3 is 2.35 bits per heavy atom. The van der Waals surface area contributed by atoms with Crippen LogP contribution in [-0.2, 0) is 0 Å². The first-order valence-electron chi connectivity index (χ1n) is 7.38. The van der Waals surface area contributed by atoms with E-state index < -0.39 is 0 Å². The molecule has 102 valence electrons. The molecule has 0 bridgehead atoms. The number of rotatable bonds is 7. The molecule has 0 amide bonds. The topological polar surface area (TPSA) is 15.3 Å². The summed E-state index contributed by atoms with van der Waals surface area (Å²) in [6.45, 7) is 16.3. The predicted molar refractivity (Wildman–Crippen MR) is 76.4 cm³/mol. The van der Waals surface area contributed by atoms with Gasteiger partial charge < -0.3 is 10.2 Å². The van der Waals surface area contributed by atoms with Crippen LogP contribution in [0.2, 0.25) is 0 Å². The van der Waals surface area contributed by atoms with Crippen molar-refractivity contribution in [2.24, 2.45) is 11.8 Å². The first-order valence-corrected chi connectivity index (χ1v) is 7.38. The normalized spacial score (nSPS) is 19.4. The molecule has 1 aliphatic rings. The SMILES string of the molecule is CCN(CC(C)CNC(C)(C)C)CC1CCC1. The molecule has 0 saturated heterocycles. The zero-order valence-corrected chi connectivity index (χ0v) is 12.6. The molecule has 17 heavy (non-hydrogen) atoms. The van der Waals surface area contributed by atoms with Crippen molar-refractivity contribution < 1.29 is 0 Å². The molecule has 1 fully saturated rings. The largest absolute Gasteiger partial charge is 0.312 e. The van der Waals surface area contributed by atoms with Crippen LogP contribution in [0.15, 0.2) is 0 Å². The Bertz CT molecular complexity index is 203. The third-order valence-corrected chi connectivity index (χ3v) is 3.74. The highest BCUT2D eigenvalue weighted by Gasteiger charge is 2.21. The van der Waals surface area contributed by atoms with Gasteiger partial charge in [0.15, 0.2) is 0 Å². The summed E-state index contributed by atoms with van der Waals surface area (Å²) < 4.78 is 0. The summed E-state index contributed by atoms with van der Waals surface area (Å²) >= 11 is 0. The van der Waals surface area contributed by atoms with E-state index in [0.717, 1.165) is 18.4 Å². The molecule has 1 atom stereocenters. The van der Waals surface area contributed by atoms with Gasteiger partial charge >= 0.3 is 0 Å². The Labute approximate surface area is 108 Å². The van der Waals surface area contributed by atoms with Crippen LogP contribution in [0, 0.1) is 11.8 Å². The van der Waals surface area contributed by atoms with Crippen LogP contribution >= 0.6 is 0 Å². The molecular weight excluding hydrogens is 208 g/mol. The highest BCUT2D eigenvalue weighted by atomic mass is 15.1. The van der Waals surface area contributed by atoms with E-state index >= 15 is 0 Å². The molecule has 1 saturated carbocycles. The molecule has 2 heteroatoms. The van der Waals surface area contributed by atoms with Gasteiger partial charge in [-0.05, 0) is 58.5 Å². The molecule has 0 radical (unpaired) electrons. The Balaban J connectivity index is 2.19. The minimum Gasteiger partial charge on any atom is -0.312 e. The van der Waals surface area contributed by atoms with E-state index in [1.165, 1.54) is 38.9 Å². The summed E-state index contributed by atoms with van der Waals surface area (Å²) in [5.41, 5.74) is 0.249. The highest BCUT2D eigenvalue weighted by molar-refractivity contribution is 4.76. The van der Waals surface area contributed by atoms with Crippen LogP contribution in [0.4, 0.5) is 0 Å². The van der Waals surface area contributed by atoms with Crippen LogP contribution < -0.4 is 5.32 Å². The van der Waals surface area contributed by atoms with Gasteiger partial charge in [-0.1, -0.05) is 20.3 Å². The molecule has 0 heterocycles. The maximum Gasteiger partial charge on any atom is 0.00966 e.